The summed E-state index contributed by atoms with van der Waals surface area (Å²) in [7, 11) is 0. The van der Waals surface area contributed by atoms with Gasteiger partial charge in [0.05, 0.1) is 5.92 Å². The zero-order valence-corrected chi connectivity index (χ0v) is 16.2. The molecule has 3 atom stereocenters. The van der Waals surface area contributed by atoms with Crippen LogP contribution in [0.3, 0.4) is 0 Å². The number of benzene rings is 2. The third kappa shape index (κ3) is 3.41. The fraction of sp³-hybridized carbons (Fsp3) is 0.261. The van der Waals surface area contributed by atoms with Crippen molar-refractivity contribution in [2.75, 3.05) is 0 Å². The van der Waals surface area contributed by atoms with Crippen LogP contribution in [0.15, 0.2) is 72.8 Å². The lowest BCUT2D eigenvalue weighted by atomic mass is 9.67. The first-order chi connectivity index (χ1) is 14.7. The first-order valence-corrected chi connectivity index (χ1v) is 9.62. The van der Waals surface area contributed by atoms with Crippen LogP contribution in [0.5, 0.6) is 0 Å². The summed E-state index contributed by atoms with van der Waals surface area (Å²) in [5, 5.41) is 2.52. The molecule has 160 valence electrons. The molecule has 4 rings (SSSR count). The van der Waals surface area contributed by atoms with Crippen LogP contribution in [-0.2, 0) is 20.7 Å². The van der Waals surface area contributed by atoms with Crippen molar-refractivity contribution in [2.24, 2.45) is 5.92 Å². The summed E-state index contributed by atoms with van der Waals surface area (Å²) in [5.74, 6) is -4.18. The molecule has 0 radical (unpaired) electrons. The van der Waals surface area contributed by atoms with Gasteiger partial charge in [0.15, 0.2) is 5.78 Å². The number of ketones is 1. The van der Waals surface area contributed by atoms with E-state index in [9.17, 15) is 27.6 Å². The van der Waals surface area contributed by atoms with Crippen molar-refractivity contribution in [1.29, 1.82) is 0 Å². The van der Waals surface area contributed by atoms with Gasteiger partial charge >= 0.3 is 12.1 Å². The van der Waals surface area contributed by atoms with Crippen LogP contribution in [0.25, 0.3) is 0 Å². The van der Waals surface area contributed by atoms with Crippen LogP contribution in [0.2, 0.25) is 0 Å². The van der Waals surface area contributed by atoms with Crippen molar-refractivity contribution in [3.8, 4) is 0 Å². The normalized spacial score (nSPS) is 27.5. The number of alkyl halides is 3. The molecule has 0 aromatic heterocycles. The van der Waals surface area contributed by atoms with E-state index >= 15 is 0 Å². The largest absolute Gasteiger partial charge is 0.443 e. The Kier molecular flexibility index (Phi) is 4.95. The summed E-state index contributed by atoms with van der Waals surface area (Å²) in [6.45, 7) is 0. The number of carbonyl (C=O) groups excluding carboxylic acids is 3. The van der Waals surface area contributed by atoms with Gasteiger partial charge in [0.2, 0.25) is 5.60 Å². The summed E-state index contributed by atoms with van der Waals surface area (Å²) in [6, 6.07) is 16.2. The molecule has 1 aliphatic heterocycles. The summed E-state index contributed by atoms with van der Waals surface area (Å²) >= 11 is 0. The van der Waals surface area contributed by atoms with Crippen molar-refractivity contribution in [3.05, 3.63) is 83.9 Å². The molecule has 1 heterocycles. The average Bonchev–Trinajstić information content (AvgIpc) is 2.98. The first-order valence-electron chi connectivity index (χ1n) is 9.62. The van der Waals surface area contributed by atoms with Gasteiger partial charge in [0.25, 0.3) is 5.91 Å². The molecule has 0 unspecified atom stereocenters. The van der Waals surface area contributed by atoms with Gasteiger partial charge in [0.1, 0.15) is 5.54 Å². The van der Waals surface area contributed by atoms with E-state index in [1.54, 1.807) is 48.5 Å². The molecular formula is C23H18F3NO4. The number of fused-ring (bicyclic) bond motifs is 1. The number of hydrogen-bond donors (Lipinski definition) is 1. The predicted octanol–water partition coefficient (Wildman–Crippen LogP) is 3.40. The smallest absolute Gasteiger partial charge is 0.432 e. The van der Waals surface area contributed by atoms with Crippen molar-refractivity contribution < 1.29 is 32.3 Å². The summed E-state index contributed by atoms with van der Waals surface area (Å²) in [6.07, 6.45) is -4.43. The second-order valence-corrected chi connectivity index (χ2v) is 7.69. The minimum absolute atomic E-state index is 0.171. The van der Waals surface area contributed by atoms with Gasteiger partial charge in [-0.3, -0.25) is 9.59 Å². The number of esters is 1. The Morgan fingerprint density at radius 1 is 1.03 bits per heavy atom. The summed E-state index contributed by atoms with van der Waals surface area (Å²) in [4.78, 5) is 38.2. The zero-order chi connectivity index (χ0) is 22.3. The van der Waals surface area contributed by atoms with E-state index in [-0.39, 0.29) is 12.0 Å². The van der Waals surface area contributed by atoms with Gasteiger partial charge in [-0.05, 0) is 29.8 Å². The lowest BCUT2D eigenvalue weighted by Crippen LogP contribution is -2.62. The lowest BCUT2D eigenvalue weighted by molar-refractivity contribution is -0.253. The van der Waals surface area contributed by atoms with E-state index in [1.807, 2.05) is 0 Å². The minimum Gasteiger partial charge on any atom is -0.443 e. The van der Waals surface area contributed by atoms with Crippen LogP contribution < -0.4 is 5.32 Å². The first kappa shape index (κ1) is 20.8. The molecule has 0 saturated carbocycles. The second-order valence-electron chi connectivity index (χ2n) is 7.69. The van der Waals surface area contributed by atoms with Gasteiger partial charge in [-0.2, -0.15) is 13.2 Å². The van der Waals surface area contributed by atoms with Gasteiger partial charge in [-0.15, -0.1) is 0 Å². The van der Waals surface area contributed by atoms with Crippen molar-refractivity contribution in [3.63, 3.8) is 0 Å². The molecule has 1 saturated heterocycles. The van der Waals surface area contributed by atoms with E-state index in [0.717, 1.165) is 6.08 Å². The number of ether oxygens (including phenoxy) is 1. The highest BCUT2D eigenvalue weighted by molar-refractivity contribution is 6.01. The van der Waals surface area contributed by atoms with Crippen LogP contribution in [0, 0.1) is 5.92 Å². The summed E-state index contributed by atoms with van der Waals surface area (Å²) in [5.41, 5.74) is -4.38. The van der Waals surface area contributed by atoms with Crippen molar-refractivity contribution in [2.45, 2.75) is 30.2 Å². The number of carbonyl (C=O) groups is 3. The van der Waals surface area contributed by atoms with Crippen LogP contribution >= 0.6 is 0 Å². The molecule has 1 fully saturated rings. The standard InChI is InChI=1S/C23H18F3NO4/c24-23(25,26)22-12-11-17(28)13-18(22)21(20(30)31-22,14-15-7-3-1-4-8-15)27-19(29)16-9-5-2-6-10-16/h1-12,18H,13-14H2,(H,27,29)/t18-,21+,22-/m0/s1. The van der Waals surface area contributed by atoms with Gasteiger partial charge in [-0.25, -0.2) is 4.79 Å². The highest BCUT2D eigenvalue weighted by Gasteiger charge is 2.75. The molecule has 1 aliphatic carbocycles. The van der Waals surface area contributed by atoms with E-state index in [4.69, 9.17) is 4.74 Å². The van der Waals surface area contributed by atoms with Crippen molar-refractivity contribution in [1.82, 2.24) is 5.32 Å². The molecule has 1 amide bonds. The Bertz CT molecular complexity index is 1050. The molecule has 1 N–H and O–H groups in total. The lowest BCUT2D eigenvalue weighted by Gasteiger charge is -2.39. The average molecular weight is 429 g/mol. The number of halogens is 3. The Morgan fingerprint density at radius 3 is 2.26 bits per heavy atom. The third-order valence-corrected chi connectivity index (χ3v) is 5.80. The SMILES string of the molecule is O=C1C=C[C@]2(C(F)(F)F)OC(=O)[C@](Cc3ccccc3)(NC(=O)c3ccccc3)[C@@H]2C1. The van der Waals surface area contributed by atoms with Crippen LogP contribution in [0.4, 0.5) is 13.2 Å². The Balaban J connectivity index is 1.85. The van der Waals surface area contributed by atoms with E-state index in [1.165, 1.54) is 12.1 Å². The zero-order valence-electron chi connectivity index (χ0n) is 16.2. The number of nitrogens with one attached hydrogen (secondary N) is 1. The molecule has 8 heteroatoms. The number of amides is 1. The number of hydrogen-bond acceptors (Lipinski definition) is 4. The molecule has 5 nitrogen and oxygen atoms in total. The predicted molar refractivity (Wildman–Crippen MR) is 104 cm³/mol. The van der Waals surface area contributed by atoms with Crippen LogP contribution in [-0.4, -0.2) is 35.0 Å². The monoisotopic (exact) mass is 429 g/mol. The fourth-order valence-corrected chi connectivity index (χ4v) is 4.30. The Hall–Kier alpha value is -3.42. The molecule has 0 bridgehead atoms. The van der Waals surface area contributed by atoms with Gasteiger partial charge in [0, 0.05) is 18.4 Å². The maximum Gasteiger partial charge on any atom is 0.432 e. The van der Waals surface area contributed by atoms with E-state index in [0.29, 0.717) is 11.6 Å². The molecule has 2 aliphatic rings. The fourth-order valence-electron chi connectivity index (χ4n) is 4.30. The summed E-state index contributed by atoms with van der Waals surface area (Å²) < 4.78 is 47.5. The number of allylic oxidation sites excluding steroid dienone is 1. The van der Waals surface area contributed by atoms with Crippen LogP contribution in [0.1, 0.15) is 22.3 Å². The molecule has 0 spiro atoms. The quantitative estimate of drug-likeness (QED) is 0.757. The second kappa shape index (κ2) is 7.37. The van der Waals surface area contributed by atoms with Gasteiger partial charge < -0.3 is 10.1 Å². The van der Waals surface area contributed by atoms with E-state index < -0.39 is 47.3 Å². The maximum atomic E-state index is 14.2. The highest BCUT2D eigenvalue weighted by atomic mass is 19.4. The maximum absolute atomic E-state index is 14.2. The third-order valence-electron chi connectivity index (χ3n) is 5.80. The number of rotatable bonds is 4. The molecular weight excluding hydrogens is 411 g/mol. The minimum atomic E-state index is -4.97. The van der Waals surface area contributed by atoms with E-state index in [2.05, 4.69) is 5.32 Å². The molecule has 2 aromatic carbocycles. The topological polar surface area (TPSA) is 72.5 Å². The van der Waals surface area contributed by atoms with Crippen molar-refractivity contribution >= 4 is 17.7 Å². The molecule has 2 aromatic rings. The van der Waals surface area contributed by atoms with Gasteiger partial charge in [-0.1, -0.05) is 48.5 Å². The Morgan fingerprint density at radius 2 is 1.65 bits per heavy atom. The highest BCUT2D eigenvalue weighted by Crippen LogP contribution is 2.54. The Labute approximate surface area is 175 Å². The molecule has 31 heavy (non-hydrogen) atoms.